The van der Waals surface area contributed by atoms with E-state index < -0.39 is 0 Å². The van der Waals surface area contributed by atoms with Crippen LogP contribution in [-0.2, 0) is 13.5 Å². The van der Waals surface area contributed by atoms with E-state index in [-0.39, 0.29) is 5.91 Å². The van der Waals surface area contributed by atoms with E-state index in [0.717, 1.165) is 49.6 Å². The Balaban J connectivity index is 1.41. The minimum Gasteiger partial charge on any atom is -0.338 e. The van der Waals surface area contributed by atoms with Crippen LogP contribution in [0.1, 0.15) is 34.6 Å². The number of imidazole rings is 1. The number of likely N-dealkylation sites (tertiary alicyclic amines) is 1. The van der Waals surface area contributed by atoms with E-state index in [9.17, 15) is 4.79 Å². The molecule has 4 rings (SSSR count). The van der Waals surface area contributed by atoms with Gasteiger partial charge in [-0.2, -0.15) is 0 Å². The largest absolute Gasteiger partial charge is 0.338 e. The summed E-state index contributed by atoms with van der Waals surface area (Å²) in [4.78, 5) is 27.7. The molecule has 6 nitrogen and oxygen atoms in total. The summed E-state index contributed by atoms with van der Waals surface area (Å²) in [5.74, 6) is 1.54. The smallest absolute Gasteiger partial charge is 0.253 e. The number of rotatable bonds is 4. The fraction of sp³-hybridized carbons (Fsp3) is 0.364. The Bertz CT molecular complexity index is 949. The van der Waals surface area contributed by atoms with Crippen molar-refractivity contribution in [3.05, 3.63) is 66.0 Å². The van der Waals surface area contributed by atoms with Crippen LogP contribution in [0.5, 0.6) is 0 Å². The molecule has 0 radical (unpaired) electrons. The molecule has 0 spiro atoms. The molecule has 1 amide bonds. The van der Waals surface area contributed by atoms with Crippen LogP contribution in [-0.4, -0.2) is 43.4 Å². The summed E-state index contributed by atoms with van der Waals surface area (Å²) in [7, 11) is 2.00. The molecule has 144 valence electrons. The van der Waals surface area contributed by atoms with Crippen LogP contribution in [0.4, 0.5) is 0 Å². The SMILES string of the molecule is Cc1ncc(-c2ccc(CC3CCCN(C(=O)c4ccncc4)C3)cn2)n1C. The Morgan fingerprint density at radius 1 is 1.14 bits per heavy atom. The van der Waals surface area contributed by atoms with Crippen molar-refractivity contribution in [2.24, 2.45) is 13.0 Å². The summed E-state index contributed by atoms with van der Waals surface area (Å²) in [6.07, 6.45) is 10.3. The van der Waals surface area contributed by atoms with Gasteiger partial charge < -0.3 is 9.47 Å². The van der Waals surface area contributed by atoms with Crippen LogP contribution >= 0.6 is 0 Å². The van der Waals surface area contributed by atoms with Crippen LogP contribution in [0, 0.1) is 12.8 Å². The zero-order valence-electron chi connectivity index (χ0n) is 16.4. The molecule has 1 atom stereocenters. The van der Waals surface area contributed by atoms with E-state index in [1.165, 1.54) is 5.56 Å². The predicted molar refractivity (Wildman–Crippen MR) is 108 cm³/mol. The number of aromatic nitrogens is 4. The number of nitrogens with zero attached hydrogens (tertiary/aromatic N) is 5. The Labute approximate surface area is 165 Å². The molecule has 0 saturated carbocycles. The number of carbonyl (C=O) groups is 1. The minimum atomic E-state index is 0.104. The van der Waals surface area contributed by atoms with E-state index in [0.29, 0.717) is 11.5 Å². The molecule has 3 aromatic rings. The first-order valence-corrected chi connectivity index (χ1v) is 9.74. The molecular formula is C22H25N5O. The summed E-state index contributed by atoms with van der Waals surface area (Å²) in [5.41, 5.74) is 3.89. The highest BCUT2D eigenvalue weighted by Crippen LogP contribution is 2.23. The van der Waals surface area contributed by atoms with E-state index in [1.54, 1.807) is 24.5 Å². The number of amides is 1. The Hall–Kier alpha value is -3.02. The van der Waals surface area contributed by atoms with Crippen LogP contribution in [0.15, 0.2) is 49.1 Å². The van der Waals surface area contributed by atoms with Gasteiger partial charge in [-0.25, -0.2) is 4.98 Å². The molecule has 1 fully saturated rings. The average molecular weight is 375 g/mol. The van der Waals surface area contributed by atoms with Gasteiger partial charge in [0, 0.05) is 44.3 Å². The van der Waals surface area contributed by atoms with E-state index in [1.807, 2.05) is 35.8 Å². The Morgan fingerprint density at radius 2 is 1.96 bits per heavy atom. The molecule has 1 aliphatic heterocycles. The molecule has 0 N–H and O–H groups in total. The lowest BCUT2D eigenvalue weighted by molar-refractivity contribution is 0.0673. The van der Waals surface area contributed by atoms with Crippen molar-refractivity contribution >= 4 is 5.91 Å². The van der Waals surface area contributed by atoms with E-state index >= 15 is 0 Å². The van der Waals surface area contributed by atoms with Crippen molar-refractivity contribution < 1.29 is 4.79 Å². The van der Waals surface area contributed by atoms with Crippen LogP contribution < -0.4 is 0 Å². The van der Waals surface area contributed by atoms with Gasteiger partial charge in [0.2, 0.25) is 0 Å². The molecule has 1 aliphatic rings. The van der Waals surface area contributed by atoms with Crippen molar-refractivity contribution in [3.8, 4) is 11.4 Å². The first-order valence-electron chi connectivity index (χ1n) is 9.74. The molecule has 0 aliphatic carbocycles. The first-order chi connectivity index (χ1) is 13.6. The maximum absolute atomic E-state index is 12.7. The second-order valence-electron chi connectivity index (χ2n) is 7.50. The molecule has 0 bridgehead atoms. The lowest BCUT2D eigenvalue weighted by Gasteiger charge is -2.33. The molecular weight excluding hydrogens is 350 g/mol. The standard InChI is InChI=1S/C22H25N5O/c1-16-24-14-21(26(16)2)20-6-5-17(13-25-20)12-18-4-3-11-27(15-18)22(28)19-7-9-23-10-8-19/h5-10,13-14,18H,3-4,11-12,15H2,1-2H3. The van der Waals surface area contributed by atoms with Crippen LogP contribution in [0.3, 0.4) is 0 Å². The van der Waals surface area contributed by atoms with Gasteiger partial charge in [0.05, 0.1) is 17.6 Å². The Morgan fingerprint density at radius 3 is 2.64 bits per heavy atom. The molecule has 1 saturated heterocycles. The monoisotopic (exact) mass is 375 g/mol. The number of carbonyl (C=O) groups excluding carboxylic acids is 1. The minimum absolute atomic E-state index is 0.104. The van der Waals surface area contributed by atoms with Gasteiger partial charge in [0.1, 0.15) is 5.82 Å². The normalized spacial score (nSPS) is 16.9. The molecule has 1 unspecified atom stereocenters. The number of pyridine rings is 2. The zero-order chi connectivity index (χ0) is 19.5. The van der Waals surface area contributed by atoms with Gasteiger partial charge in [-0.15, -0.1) is 0 Å². The summed E-state index contributed by atoms with van der Waals surface area (Å²) in [6, 6.07) is 7.78. The van der Waals surface area contributed by atoms with Crippen LogP contribution in [0.2, 0.25) is 0 Å². The third-order valence-electron chi connectivity index (χ3n) is 5.57. The van der Waals surface area contributed by atoms with Crippen molar-refractivity contribution in [3.63, 3.8) is 0 Å². The summed E-state index contributed by atoms with van der Waals surface area (Å²) in [6.45, 7) is 3.61. The number of hydrogen-bond donors (Lipinski definition) is 0. The van der Waals surface area contributed by atoms with Gasteiger partial charge in [0.25, 0.3) is 5.91 Å². The molecule has 28 heavy (non-hydrogen) atoms. The predicted octanol–water partition coefficient (Wildman–Crippen LogP) is 3.28. The van der Waals surface area contributed by atoms with Gasteiger partial charge in [-0.3, -0.25) is 14.8 Å². The van der Waals surface area contributed by atoms with Crippen LogP contribution in [0.25, 0.3) is 11.4 Å². The molecule has 3 aromatic heterocycles. The van der Waals surface area contributed by atoms with Crippen molar-refractivity contribution in [2.45, 2.75) is 26.2 Å². The molecule has 6 heteroatoms. The maximum Gasteiger partial charge on any atom is 0.253 e. The van der Waals surface area contributed by atoms with Gasteiger partial charge in [-0.1, -0.05) is 6.07 Å². The summed E-state index contributed by atoms with van der Waals surface area (Å²) in [5, 5.41) is 0. The molecule has 4 heterocycles. The van der Waals surface area contributed by atoms with Crippen molar-refractivity contribution in [1.29, 1.82) is 0 Å². The van der Waals surface area contributed by atoms with Crippen molar-refractivity contribution in [2.75, 3.05) is 13.1 Å². The fourth-order valence-electron chi connectivity index (χ4n) is 3.86. The highest BCUT2D eigenvalue weighted by atomic mass is 16.2. The third-order valence-corrected chi connectivity index (χ3v) is 5.57. The fourth-order valence-corrected chi connectivity index (χ4v) is 3.86. The zero-order valence-corrected chi connectivity index (χ0v) is 16.4. The summed E-state index contributed by atoms with van der Waals surface area (Å²) >= 11 is 0. The number of hydrogen-bond acceptors (Lipinski definition) is 4. The quantitative estimate of drug-likeness (QED) is 0.702. The third kappa shape index (κ3) is 3.81. The Kier molecular flexibility index (Phi) is 5.19. The second-order valence-corrected chi connectivity index (χ2v) is 7.50. The highest BCUT2D eigenvalue weighted by molar-refractivity contribution is 5.94. The lowest BCUT2D eigenvalue weighted by Crippen LogP contribution is -2.40. The van der Waals surface area contributed by atoms with Gasteiger partial charge in [0.15, 0.2) is 0 Å². The van der Waals surface area contributed by atoms with Crippen molar-refractivity contribution in [1.82, 2.24) is 24.4 Å². The van der Waals surface area contributed by atoms with Gasteiger partial charge >= 0.3 is 0 Å². The average Bonchev–Trinajstić information content (AvgIpc) is 3.07. The lowest BCUT2D eigenvalue weighted by atomic mass is 9.91. The molecule has 0 aromatic carbocycles. The number of piperidine rings is 1. The van der Waals surface area contributed by atoms with Gasteiger partial charge in [-0.05, 0) is 55.9 Å². The van der Waals surface area contributed by atoms with E-state index in [2.05, 4.69) is 27.1 Å². The highest BCUT2D eigenvalue weighted by Gasteiger charge is 2.24. The topological polar surface area (TPSA) is 63.9 Å². The maximum atomic E-state index is 12.7. The first kappa shape index (κ1) is 18.3. The second kappa shape index (κ2) is 7.92. The summed E-state index contributed by atoms with van der Waals surface area (Å²) < 4.78 is 2.05. The number of aryl methyl sites for hydroxylation is 1. The van der Waals surface area contributed by atoms with E-state index in [4.69, 9.17) is 0 Å².